The molecule has 11 heavy (non-hydrogen) atoms. The van der Waals surface area contributed by atoms with E-state index in [2.05, 4.69) is 16.2 Å². The number of hydrazone groups is 1. The molecular formula is C4H8N4O2S. The van der Waals surface area contributed by atoms with Crippen molar-refractivity contribution in [1.29, 1.82) is 0 Å². The van der Waals surface area contributed by atoms with Crippen LogP contribution in [0.2, 0.25) is 0 Å². The molecule has 62 valence electrons. The molecule has 0 fully saturated rings. The number of rotatable bonds is 2. The molecule has 1 aliphatic rings. The second-order valence-electron chi connectivity index (χ2n) is 1.80. The van der Waals surface area contributed by atoms with Crippen molar-refractivity contribution in [2.24, 2.45) is 5.10 Å². The van der Waals surface area contributed by atoms with Crippen molar-refractivity contribution in [1.82, 2.24) is 16.1 Å². The van der Waals surface area contributed by atoms with Gasteiger partial charge in [0, 0.05) is 0 Å². The molecule has 0 atom stereocenters. The van der Waals surface area contributed by atoms with Gasteiger partial charge in [0.25, 0.3) is 0 Å². The van der Waals surface area contributed by atoms with Crippen LogP contribution in [0.1, 0.15) is 0 Å². The summed E-state index contributed by atoms with van der Waals surface area (Å²) in [5.41, 5.74) is 5.03. The lowest BCUT2D eigenvalue weighted by Crippen LogP contribution is -2.42. The van der Waals surface area contributed by atoms with Crippen molar-refractivity contribution < 1.29 is 9.90 Å². The van der Waals surface area contributed by atoms with E-state index < -0.39 is 5.97 Å². The number of nitrogens with zero attached hydrogens (tertiary/aromatic N) is 2. The van der Waals surface area contributed by atoms with Crippen LogP contribution in [-0.2, 0) is 4.79 Å². The molecule has 0 aromatic rings. The van der Waals surface area contributed by atoms with E-state index in [0.717, 1.165) is 0 Å². The molecule has 7 heteroatoms. The minimum atomic E-state index is -0.900. The van der Waals surface area contributed by atoms with E-state index >= 15 is 0 Å². The van der Waals surface area contributed by atoms with Crippen LogP contribution in [0, 0.1) is 0 Å². The topological polar surface area (TPSA) is 77.0 Å². The second kappa shape index (κ2) is 3.44. The maximum atomic E-state index is 10.2. The minimum absolute atomic E-state index is 0.104. The van der Waals surface area contributed by atoms with E-state index in [-0.39, 0.29) is 6.54 Å². The number of nitrogens with one attached hydrogen (secondary N) is 2. The first-order valence-corrected chi connectivity index (χ1v) is 4.08. The molecule has 0 saturated carbocycles. The quantitative estimate of drug-likeness (QED) is 0.502. The Hall–Kier alpha value is -0.950. The molecule has 0 amide bonds. The lowest BCUT2D eigenvalue weighted by molar-refractivity contribution is -0.137. The highest BCUT2D eigenvalue weighted by Gasteiger charge is 2.17. The highest BCUT2D eigenvalue weighted by Crippen LogP contribution is 2.04. The van der Waals surface area contributed by atoms with E-state index in [9.17, 15) is 4.79 Å². The van der Waals surface area contributed by atoms with Crippen LogP contribution in [0.15, 0.2) is 5.10 Å². The molecule has 0 aliphatic carbocycles. The summed E-state index contributed by atoms with van der Waals surface area (Å²) >= 11 is 1.37. The number of amidine groups is 1. The first kappa shape index (κ1) is 8.15. The van der Waals surface area contributed by atoms with Crippen molar-refractivity contribution in [3.8, 4) is 0 Å². The molecule has 0 aromatic carbocycles. The van der Waals surface area contributed by atoms with Gasteiger partial charge in [-0.1, -0.05) is 11.8 Å². The molecule has 1 heterocycles. The zero-order valence-electron chi connectivity index (χ0n) is 5.87. The third-order valence-corrected chi connectivity index (χ3v) is 1.72. The Morgan fingerprint density at radius 3 is 3.18 bits per heavy atom. The van der Waals surface area contributed by atoms with Crippen LogP contribution in [0.4, 0.5) is 0 Å². The molecule has 3 N–H and O–H groups in total. The van der Waals surface area contributed by atoms with Crippen molar-refractivity contribution in [3.05, 3.63) is 0 Å². The van der Waals surface area contributed by atoms with Crippen LogP contribution in [-0.4, -0.2) is 34.1 Å². The summed E-state index contributed by atoms with van der Waals surface area (Å²) in [5.74, 6) is -0.900. The molecule has 0 saturated heterocycles. The summed E-state index contributed by atoms with van der Waals surface area (Å²) in [7, 11) is 0. The van der Waals surface area contributed by atoms with Gasteiger partial charge in [-0.2, -0.15) is 0 Å². The Kier molecular flexibility index (Phi) is 2.55. The monoisotopic (exact) mass is 176 g/mol. The summed E-state index contributed by atoms with van der Waals surface area (Å²) in [6.07, 6.45) is 1.82. The minimum Gasteiger partial charge on any atom is -0.480 e. The highest BCUT2D eigenvalue weighted by molar-refractivity contribution is 8.13. The number of carboxylic acid groups (broad SMARTS) is 1. The molecular weight excluding hydrogens is 168 g/mol. The summed E-state index contributed by atoms with van der Waals surface area (Å²) in [4.78, 5) is 10.2. The van der Waals surface area contributed by atoms with E-state index in [1.807, 2.05) is 6.26 Å². The average molecular weight is 176 g/mol. The lowest BCUT2D eigenvalue weighted by atomic mass is 10.6. The van der Waals surface area contributed by atoms with Crippen LogP contribution in [0.3, 0.4) is 0 Å². The number of carboxylic acids is 1. The van der Waals surface area contributed by atoms with Gasteiger partial charge in [0.1, 0.15) is 6.54 Å². The molecule has 0 radical (unpaired) electrons. The van der Waals surface area contributed by atoms with Gasteiger partial charge in [-0.3, -0.25) is 9.80 Å². The van der Waals surface area contributed by atoms with Crippen molar-refractivity contribution in [2.45, 2.75) is 0 Å². The van der Waals surface area contributed by atoms with Crippen molar-refractivity contribution >= 4 is 22.9 Å². The van der Waals surface area contributed by atoms with Gasteiger partial charge in [-0.25, -0.2) is 5.53 Å². The Labute approximate surface area is 67.6 Å². The Morgan fingerprint density at radius 2 is 2.64 bits per heavy atom. The van der Waals surface area contributed by atoms with E-state index in [1.165, 1.54) is 16.8 Å². The molecule has 0 spiro atoms. The Balaban J connectivity index is 2.46. The normalized spacial score (nSPS) is 16.1. The number of hydrazine groups is 2. The predicted octanol–water partition coefficient (Wildman–Crippen LogP) is -0.970. The lowest BCUT2D eigenvalue weighted by Gasteiger charge is -2.13. The summed E-state index contributed by atoms with van der Waals surface area (Å²) in [6, 6.07) is 0. The number of carbonyl (C=O) groups is 1. The van der Waals surface area contributed by atoms with Gasteiger partial charge in [0.15, 0.2) is 0 Å². The Bertz CT molecular complexity index is 195. The second-order valence-corrected chi connectivity index (χ2v) is 2.58. The van der Waals surface area contributed by atoms with Crippen molar-refractivity contribution in [3.63, 3.8) is 0 Å². The molecule has 0 aromatic heterocycles. The third-order valence-electron chi connectivity index (χ3n) is 1.04. The first-order valence-electron chi connectivity index (χ1n) is 2.85. The van der Waals surface area contributed by atoms with E-state index in [0.29, 0.717) is 5.17 Å². The maximum Gasteiger partial charge on any atom is 0.324 e. The smallest absolute Gasteiger partial charge is 0.324 e. The van der Waals surface area contributed by atoms with Gasteiger partial charge >= 0.3 is 5.97 Å². The molecule has 1 rings (SSSR count). The van der Waals surface area contributed by atoms with Crippen molar-refractivity contribution in [2.75, 3.05) is 12.8 Å². The SMILES string of the molecule is CSC1=NNNN1CC(=O)O. The summed E-state index contributed by atoms with van der Waals surface area (Å²) < 4.78 is 0. The first-order chi connectivity index (χ1) is 5.24. The van der Waals surface area contributed by atoms with E-state index in [4.69, 9.17) is 5.11 Å². The fraction of sp³-hybridized carbons (Fsp3) is 0.500. The van der Waals surface area contributed by atoms with Crippen LogP contribution < -0.4 is 11.1 Å². The molecule has 0 unspecified atom stereocenters. The average Bonchev–Trinajstić information content (AvgIpc) is 2.34. The largest absolute Gasteiger partial charge is 0.480 e. The maximum absolute atomic E-state index is 10.2. The molecule has 6 nitrogen and oxygen atoms in total. The van der Waals surface area contributed by atoms with Gasteiger partial charge < -0.3 is 5.11 Å². The fourth-order valence-electron chi connectivity index (χ4n) is 0.640. The number of hydrogen-bond donors (Lipinski definition) is 3. The summed E-state index contributed by atoms with van der Waals surface area (Å²) in [5, 5.41) is 14.2. The number of hydrogen-bond acceptors (Lipinski definition) is 6. The molecule has 0 bridgehead atoms. The zero-order chi connectivity index (χ0) is 8.27. The number of thioether (sulfide) groups is 1. The molecule has 1 aliphatic heterocycles. The summed E-state index contributed by atoms with van der Waals surface area (Å²) in [6.45, 7) is -0.104. The van der Waals surface area contributed by atoms with Crippen LogP contribution in [0.25, 0.3) is 0 Å². The standard InChI is InChI=1S/C4H8N4O2S/c1-11-4-5-6-7-8(4)2-3(9)10/h6-7H,2H2,1H3,(H,9,10). The van der Waals surface area contributed by atoms with Gasteiger partial charge in [-0.15, -0.1) is 10.6 Å². The van der Waals surface area contributed by atoms with Crippen LogP contribution >= 0.6 is 11.8 Å². The van der Waals surface area contributed by atoms with E-state index in [1.54, 1.807) is 0 Å². The fourth-order valence-corrected chi connectivity index (χ4v) is 1.11. The van der Waals surface area contributed by atoms with Gasteiger partial charge in [0.2, 0.25) is 5.17 Å². The number of aliphatic carboxylic acids is 1. The predicted molar refractivity (Wildman–Crippen MR) is 41.6 cm³/mol. The van der Waals surface area contributed by atoms with Gasteiger partial charge in [-0.05, 0) is 6.26 Å². The van der Waals surface area contributed by atoms with Gasteiger partial charge in [0.05, 0.1) is 0 Å². The third kappa shape index (κ3) is 1.99. The highest BCUT2D eigenvalue weighted by atomic mass is 32.2. The van der Waals surface area contributed by atoms with Crippen LogP contribution in [0.5, 0.6) is 0 Å². The Morgan fingerprint density at radius 1 is 1.91 bits per heavy atom. The zero-order valence-corrected chi connectivity index (χ0v) is 6.68.